The van der Waals surface area contributed by atoms with Crippen molar-refractivity contribution in [1.29, 1.82) is 5.41 Å². The summed E-state index contributed by atoms with van der Waals surface area (Å²) >= 11 is 0. The Kier molecular flexibility index (Phi) is 3.49. The maximum atomic E-state index is 7.70. The lowest BCUT2D eigenvalue weighted by Gasteiger charge is -2.46. The van der Waals surface area contributed by atoms with Crippen LogP contribution in [0.1, 0.15) is 25.1 Å². The van der Waals surface area contributed by atoms with Crippen LogP contribution in [0.15, 0.2) is 12.1 Å². The van der Waals surface area contributed by atoms with Gasteiger partial charge in [-0.25, -0.2) is 4.98 Å². The van der Waals surface area contributed by atoms with Gasteiger partial charge in [0, 0.05) is 30.9 Å². The van der Waals surface area contributed by atoms with Crippen LogP contribution in [0.25, 0.3) is 0 Å². The van der Waals surface area contributed by atoms with Crippen molar-refractivity contribution < 1.29 is 0 Å². The quantitative estimate of drug-likeness (QED) is 0.620. The van der Waals surface area contributed by atoms with E-state index < -0.39 is 0 Å². The molecule has 5 heteroatoms. The van der Waals surface area contributed by atoms with E-state index in [9.17, 15) is 0 Å². The summed E-state index contributed by atoms with van der Waals surface area (Å²) in [5.41, 5.74) is 7.45. The number of aryl methyl sites for hydroxylation is 1. The number of nitrogens with zero attached hydrogens (tertiary/aromatic N) is 3. The van der Waals surface area contributed by atoms with Crippen molar-refractivity contribution in [2.45, 2.75) is 26.3 Å². The Labute approximate surface area is 114 Å². The Balaban J connectivity index is 2.36. The summed E-state index contributed by atoms with van der Waals surface area (Å²) in [6.45, 7) is 9.20. The zero-order chi connectivity index (χ0) is 14.2. The van der Waals surface area contributed by atoms with Crippen molar-refractivity contribution in [1.82, 2.24) is 9.88 Å². The van der Waals surface area contributed by atoms with E-state index in [2.05, 4.69) is 35.7 Å². The Morgan fingerprint density at radius 1 is 1.37 bits per heavy atom. The second-order valence-corrected chi connectivity index (χ2v) is 5.89. The highest BCUT2D eigenvalue weighted by Crippen LogP contribution is 2.25. The molecule has 3 N–H and O–H groups in total. The highest BCUT2D eigenvalue weighted by atomic mass is 15.3. The first-order valence-corrected chi connectivity index (χ1v) is 6.59. The molecular weight excluding hydrogens is 238 g/mol. The lowest BCUT2D eigenvalue weighted by Crippen LogP contribution is -2.58. The molecule has 104 valence electrons. The third kappa shape index (κ3) is 2.71. The molecule has 1 aliphatic heterocycles. The molecule has 1 fully saturated rings. The minimum absolute atomic E-state index is 0.0826. The van der Waals surface area contributed by atoms with Crippen LogP contribution >= 0.6 is 0 Å². The molecule has 1 saturated heterocycles. The number of amidine groups is 1. The fourth-order valence-corrected chi connectivity index (χ4v) is 2.42. The number of rotatable bonds is 2. The van der Waals surface area contributed by atoms with Gasteiger partial charge >= 0.3 is 0 Å². The van der Waals surface area contributed by atoms with Gasteiger partial charge in [-0.05, 0) is 40.0 Å². The monoisotopic (exact) mass is 261 g/mol. The van der Waals surface area contributed by atoms with Crippen molar-refractivity contribution in [2.75, 3.05) is 31.6 Å². The van der Waals surface area contributed by atoms with Crippen LogP contribution in [0.3, 0.4) is 0 Å². The number of hydrogen-bond donors (Lipinski definition) is 2. The molecular formula is C14H23N5. The summed E-state index contributed by atoms with van der Waals surface area (Å²) in [6.07, 6.45) is 0. The molecule has 2 heterocycles. The van der Waals surface area contributed by atoms with E-state index in [1.807, 2.05) is 19.1 Å². The first-order chi connectivity index (χ1) is 8.81. The zero-order valence-electron chi connectivity index (χ0n) is 12.2. The molecule has 0 saturated carbocycles. The summed E-state index contributed by atoms with van der Waals surface area (Å²) in [7, 11) is 2.15. The minimum atomic E-state index is 0.0826. The molecule has 2 rings (SSSR count). The van der Waals surface area contributed by atoms with E-state index >= 15 is 0 Å². The average Bonchev–Trinajstić information content (AvgIpc) is 2.32. The molecule has 0 amide bonds. The Morgan fingerprint density at radius 3 is 2.63 bits per heavy atom. The molecule has 0 radical (unpaired) electrons. The van der Waals surface area contributed by atoms with Crippen molar-refractivity contribution in [2.24, 2.45) is 5.73 Å². The van der Waals surface area contributed by atoms with Gasteiger partial charge in [0.1, 0.15) is 11.7 Å². The van der Waals surface area contributed by atoms with E-state index in [0.717, 1.165) is 36.7 Å². The highest BCUT2D eigenvalue weighted by Gasteiger charge is 2.32. The SMILES string of the molecule is Cc1ccc(C(=N)N)c(N2CCN(C)C(C)(C)C2)n1. The van der Waals surface area contributed by atoms with Crippen molar-refractivity contribution in [3.8, 4) is 0 Å². The van der Waals surface area contributed by atoms with Gasteiger partial charge in [0.15, 0.2) is 0 Å². The molecule has 0 aliphatic carbocycles. The number of anilines is 1. The Hall–Kier alpha value is -1.62. The number of nitrogens with two attached hydrogens (primary N) is 1. The van der Waals surface area contributed by atoms with Gasteiger partial charge < -0.3 is 10.6 Å². The number of hydrogen-bond acceptors (Lipinski definition) is 4. The number of piperazine rings is 1. The molecule has 5 nitrogen and oxygen atoms in total. The van der Waals surface area contributed by atoms with E-state index in [0.29, 0.717) is 0 Å². The third-order valence-electron chi connectivity index (χ3n) is 3.92. The number of nitrogen functional groups attached to an aromatic ring is 1. The largest absolute Gasteiger partial charge is 0.384 e. The third-order valence-corrected chi connectivity index (χ3v) is 3.92. The van der Waals surface area contributed by atoms with E-state index in [4.69, 9.17) is 11.1 Å². The highest BCUT2D eigenvalue weighted by molar-refractivity contribution is 5.99. The lowest BCUT2D eigenvalue weighted by atomic mass is 9.99. The molecule has 0 aromatic carbocycles. The lowest BCUT2D eigenvalue weighted by molar-refractivity contribution is 0.138. The van der Waals surface area contributed by atoms with Gasteiger partial charge in [-0.2, -0.15) is 0 Å². The van der Waals surface area contributed by atoms with Crippen LogP contribution in [-0.2, 0) is 0 Å². The standard InChI is InChI=1S/C14H23N5/c1-10-5-6-11(12(15)16)13(17-10)19-8-7-18(4)14(2,3)9-19/h5-6H,7-9H2,1-4H3,(H3,15,16). The number of nitrogens with one attached hydrogen (secondary N) is 1. The van der Waals surface area contributed by atoms with Crippen LogP contribution in [0.2, 0.25) is 0 Å². The number of aromatic nitrogens is 1. The van der Waals surface area contributed by atoms with Gasteiger partial charge in [-0.1, -0.05) is 0 Å². The average molecular weight is 261 g/mol. The molecule has 0 spiro atoms. The van der Waals surface area contributed by atoms with Crippen molar-refractivity contribution >= 4 is 11.7 Å². The maximum absolute atomic E-state index is 7.70. The van der Waals surface area contributed by atoms with Crippen molar-refractivity contribution in [3.63, 3.8) is 0 Å². The van der Waals surface area contributed by atoms with Gasteiger partial charge in [-0.3, -0.25) is 10.3 Å². The first-order valence-electron chi connectivity index (χ1n) is 6.59. The second kappa shape index (κ2) is 4.81. The van der Waals surface area contributed by atoms with Gasteiger partial charge in [0.25, 0.3) is 0 Å². The molecule has 0 unspecified atom stereocenters. The second-order valence-electron chi connectivity index (χ2n) is 5.89. The number of likely N-dealkylation sites (N-methyl/N-ethyl adjacent to an activating group) is 1. The molecule has 1 aromatic rings. The Bertz CT molecular complexity index is 495. The molecule has 19 heavy (non-hydrogen) atoms. The first kappa shape index (κ1) is 13.8. The van der Waals surface area contributed by atoms with Crippen LogP contribution in [0, 0.1) is 12.3 Å². The summed E-state index contributed by atoms with van der Waals surface area (Å²) in [4.78, 5) is 9.19. The molecule has 0 bridgehead atoms. The molecule has 1 aromatic heterocycles. The van der Waals surface area contributed by atoms with E-state index in [1.54, 1.807) is 0 Å². The minimum Gasteiger partial charge on any atom is -0.384 e. The predicted molar refractivity (Wildman–Crippen MR) is 78.9 cm³/mol. The van der Waals surface area contributed by atoms with E-state index in [-0.39, 0.29) is 11.4 Å². The number of pyridine rings is 1. The Morgan fingerprint density at radius 2 is 2.05 bits per heavy atom. The van der Waals surface area contributed by atoms with E-state index in [1.165, 1.54) is 0 Å². The van der Waals surface area contributed by atoms with Crippen LogP contribution < -0.4 is 10.6 Å². The van der Waals surface area contributed by atoms with Crippen LogP contribution in [0.5, 0.6) is 0 Å². The zero-order valence-corrected chi connectivity index (χ0v) is 12.2. The molecule has 0 atom stereocenters. The van der Waals surface area contributed by atoms with Crippen LogP contribution in [0.4, 0.5) is 5.82 Å². The van der Waals surface area contributed by atoms with Gasteiger partial charge in [-0.15, -0.1) is 0 Å². The van der Waals surface area contributed by atoms with Crippen molar-refractivity contribution in [3.05, 3.63) is 23.4 Å². The summed E-state index contributed by atoms with van der Waals surface area (Å²) in [6, 6.07) is 3.80. The summed E-state index contributed by atoms with van der Waals surface area (Å²) in [5.74, 6) is 0.924. The molecule has 1 aliphatic rings. The van der Waals surface area contributed by atoms with Crippen LogP contribution in [-0.4, -0.2) is 47.9 Å². The fourth-order valence-electron chi connectivity index (χ4n) is 2.42. The van der Waals surface area contributed by atoms with Gasteiger partial charge in [0.2, 0.25) is 0 Å². The normalized spacial score (nSPS) is 19.5. The topological polar surface area (TPSA) is 69.2 Å². The van der Waals surface area contributed by atoms with Gasteiger partial charge in [0.05, 0.1) is 5.56 Å². The maximum Gasteiger partial charge on any atom is 0.139 e. The fraction of sp³-hybridized carbons (Fsp3) is 0.571. The summed E-state index contributed by atoms with van der Waals surface area (Å²) < 4.78 is 0. The smallest absolute Gasteiger partial charge is 0.139 e. The summed E-state index contributed by atoms with van der Waals surface area (Å²) in [5, 5.41) is 7.70. The predicted octanol–water partition coefficient (Wildman–Crippen LogP) is 1.20.